The van der Waals surface area contributed by atoms with Crippen LogP contribution in [0.5, 0.6) is 0 Å². The lowest BCUT2D eigenvalue weighted by Gasteiger charge is -2.13. The van der Waals surface area contributed by atoms with E-state index in [0.29, 0.717) is 17.4 Å². The van der Waals surface area contributed by atoms with Gasteiger partial charge in [-0.25, -0.2) is 0 Å². The Morgan fingerprint density at radius 2 is 2.00 bits per heavy atom. The molecule has 0 saturated carbocycles. The average Bonchev–Trinajstić information content (AvgIpc) is 1.89. The van der Waals surface area contributed by atoms with Crippen LogP contribution in [0.2, 0.25) is 0 Å². The summed E-state index contributed by atoms with van der Waals surface area (Å²) < 4.78 is 21.6. The van der Waals surface area contributed by atoms with Gasteiger partial charge in [0.2, 0.25) is 0 Å². The molecule has 0 aromatic rings. The van der Waals surface area contributed by atoms with Crippen molar-refractivity contribution in [2.45, 2.75) is 13.8 Å². The monoisotopic (exact) mass is 278 g/mol. The maximum atomic E-state index is 11.3. The Kier molecular flexibility index (Phi) is 6.01. The molecule has 0 spiro atoms. The highest BCUT2D eigenvalue weighted by Gasteiger charge is 2.19. The molecule has 0 bridgehead atoms. The zero-order valence-electron chi connectivity index (χ0n) is 6.17. The predicted molar refractivity (Wildman–Crippen MR) is 49.7 cm³/mol. The summed E-state index contributed by atoms with van der Waals surface area (Å²) in [5.74, 6) is 0. The lowest BCUT2D eigenvalue weighted by atomic mass is 10.9. The third kappa shape index (κ3) is 3.91. The molecule has 0 aromatic heterocycles. The van der Waals surface area contributed by atoms with Gasteiger partial charge in [-0.2, -0.15) is 0 Å². The quantitative estimate of drug-likeness (QED) is 0.440. The van der Waals surface area contributed by atoms with E-state index in [1.165, 1.54) is 0 Å². The summed E-state index contributed by atoms with van der Waals surface area (Å²) in [5, 5.41) is 0. The van der Waals surface area contributed by atoms with Crippen molar-refractivity contribution in [1.82, 2.24) is 0 Å². The molecule has 0 saturated heterocycles. The van der Waals surface area contributed by atoms with Crippen LogP contribution >= 0.6 is 30.2 Å². The van der Waals surface area contributed by atoms with Crippen molar-refractivity contribution in [3.63, 3.8) is 0 Å². The third-order valence-corrected chi connectivity index (χ3v) is 3.71. The fourth-order valence-electron chi connectivity index (χ4n) is 0.491. The minimum absolute atomic E-state index is 0.420. The molecule has 10 heavy (non-hydrogen) atoms. The standard InChI is InChI=1S/C5H12IO3P/c1-3-8-10(7,4-2)9-5-6/h3-5H2,1-2H3. The summed E-state index contributed by atoms with van der Waals surface area (Å²) in [4.78, 5) is 0. The van der Waals surface area contributed by atoms with E-state index in [2.05, 4.69) is 0 Å². The fourth-order valence-corrected chi connectivity index (χ4v) is 2.75. The SMILES string of the molecule is CCOP(=O)(CC)OCI. The molecular formula is C5H12IO3P. The highest BCUT2D eigenvalue weighted by atomic mass is 127. The van der Waals surface area contributed by atoms with Gasteiger partial charge in [-0.05, 0) is 6.92 Å². The maximum Gasteiger partial charge on any atom is 0.331 e. The van der Waals surface area contributed by atoms with Gasteiger partial charge in [0.15, 0.2) is 0 Å². The zero-order chi connectivity index (χ0) is 8.04. The predicted octanol–water partition coefficient (Wildman–Crippen LogP) is 2.65. The highest BCUT2D eigenvalue weighted by Crippen LogP contribution is 2.47. The van der Waals surface area contributed by atoms with Crippen LogP contribution in [0.15, 0.2) is 0 Å². The smallest absolute Gasteiger partial charge is 0.309 e. The second-order valence-electron chi connectivity index (χ2n) is 1.58. The molecule has 0 aromatic carbocycles. The number of rotatable bonds is 5. The van der Waals surface area contributed by atoms with Crippen LogP contribution in [0.4, 0.5) is 0 Å². The van der Waals surface area contributed by atoms with Gasteiger partial charge >= 0.3 is 7.60 Å². The van der Waals surface area contributed by atoms with Gasteiger partial charge in [-0.3, -0.25) is 9.09 Å². The first kappa shape index (κ1) is 10.9. The maximum absolute atomic E-state index is 11.3. The van der Waals surface area contributed by atoms with Crippen LogP contribution in [-0.2, 0) is 13.6 Å². The first-order valence-corrected chi connectivity index (χ1v) is 6.38. The van der Waals surface area contributed by atoms with Crippen LogP contribution in [0, 0.1) is 0 Å². The Morgan fingerprint density at radius 3 is 2.30 bits per heavy atom. The second-order valence-corrected chi connectivity index (χ2v) is 4.58. The molecule has 1 atom stereocenters. The van der Waals surface area contributed by atoms with E-state index in [9.17, 15) is 4.57 Å². The molecule has 1 unspecified atom stereocenters. The molecule has 0 aliphatic carbocycles. The van der Waals surface area contributed by atoms with Crippen molar-refractivity contribution in [1.29, 1.82) is 0 Å². The topological polar surface area (TPSA) is 35.5 Å². The van der Waals surface area contributed by atoms with E-state index in [-0.39, 0.29) is 0 Å². The number of halogens is 1. The summed E-state index contributed by atoms with van der Waals surface area (Å²) >= 11 is 2.00. The Labute approximate surface area is 75.2 Å². The normalized spacial score (nSPS) is 16.7. The Bertz CT molecular complexity index is 118. The van der Waals surface area contributed by atoms with Gasteiger partial charge in [-0.15, -0.1) is 0 Å². The van der Waals surface area contributed by atoms with Gasteiger partial charge in [0.05, 0.1) is 6.61 Å². The molecule has 0 N–H and O–H groups in total. The van der Waals surface area contributed by atoms with Gasteiger partial charge < -0.3 is 4.52 Å². The lowest BCUT2D eigenvalue weighted by Crippen LogP contribution is -1.95. The second kappa shape index (κ2) is 5.52. The highest BCUT2D eigenvalue weighted by molar-refractivity contribution is 14.1. The summed E-state index contributed by atoms with van der Waals surface area (Å²) in [6.45, 7) is 4.04. The molecular weight excluding hydrogens is 266 g/mol. The summed E-state index contributed by atoms with van der Waals surface area (Å²) in [6.07, 6.45) is 0.448. The minimum Gasteiger partial charge on any atom is -0.309 e. The van der Waals surface area contributed by atoms with Crippen molar-refractivity contribution in [3.8, 4) is 0 Å². The molecule has 0 aliphatic rings. The van der Waals surface area contributed by atoms with Crippen molar-refractivity contribution >= 4 is 30.2 Å². The van der Waals surface area contributed by atoms with Gasteiger partial charge in [0.25, 0.3) is 0 Å². The van der Waals surface area contributed by atoms with Crippen LogP contribution in [0.25, 0.3) is 0 Å². The molecule has 0 amide bonds. The molecule has 5 heteroatoms. The first-order chi connectivity index (χ1) is 4.68. The molecule has 0 radical (unpaired) electrons. The zero-order valence-corrected chi connectivity index (χ0v) is 9.22. The summed E-state index contributed by atoms with van der Waals surface area (Å²) in [6, 6.07) is 0. The fraction of sp³-hybridized carbons (Fsp3) is 1.00. The Balaban J connectivity index is 3.83. The molecule has 0 fully saturated rings. The van der Waals surface area contributed by atoms with Crippen molar-refractivity contribution in [3.05, 3.63) is 0 Å². The van der Waals surface area contributed by atoms with E-state index in [0.717, 1.165) is 0 Å². The van der Waals surface area contributed by atoms with E-state index < -0.39 is 7.60 Å². The van der Waals surface area contributed by atoms with Crippen molar-refractivity contribution in [2.24, 2.45) is 0 Å². The largest absolute Gasteiger partial charge is 0.331 e. The molecule has 0 aliphatic heterocycles. The van der Waals surface area contributed by atoms with Crippen LogP contribution < -0.4 is 0 Å². The summed E-state index contributed by atoms with van der Waals surface area (Å²) in [5.41, 5.74) is 0. The minimum atomic E-state index is -2.71. The van der Waals surface area contributed by atoms with Crippen LogP contribution in [0.3, 0.4) is 0 Å². The van der Waals surface area contributed by atoms with Gasteiger partial charge in [0.1, 0.15) is 4.61 Å². The average molecular weight is 278 g/mol. The van der Waals surface area contributed by atoms with E-state index in [1.54, 1.807) is 13.8 Å². The molecule has 0 rings (SSSR count). The molecule has 3 nitrogen and oxygen atoms in total. The Hall–Kier alpha value is 0.880. The number of hydrogen-bond donors (Lipinski definition) is 0. The van der Waals surface area contributed by atoms with Crippen LogP contribution in [0.1, 0.15) is 13.8 Å². The van der Waals surface area contributed by atoms with Gasteiger partial charge in [0, 0.05) is 6.16 Å². The third-order valence-electron chi connectivity index (χ3n) is 0.959. The number of hydrogen-bond acceptors (Lipinski definition) is 3. The molecule has 62 valence electrons. The lowest BCUT2D eigenvalue weighted by molar-refractivity contribution is 0.242. The molecule has 0 heterocycles. The van der Waals surface area contributed by atoms with E-state index >= 15 is 0 Å². The van der Waals surface area contributed by atoms with E-state index in [1.807, 2.05) is 22.6 Å². The van der Waals surface area contributed by atoms with Crippen molar-refractivity contribution in [2.75, 3.05) is 17.4 Å². The first-order valence-electron chi connectivity index (χ1n) is 3.12. The Morgan fingerprint density at radius 1 is 1.40 bits per heavy atom. The van der Waals surface area contributed by atoms with Crippen LogP contribution in [-0.4, -0.2) is 17.4 Å². The van der Waals surface area contributed by atoms with Crippen molar-refractivity contribution < 1.29 is 13.6 Å². The van der Waals surface area contributed by atoms with Gasteiger partial charge in [-0.1, -0.05) is 29.5 Å². The summed E-state index contributed by atoms with van der Waals surface area (Å²) in [7, 11) is -2.71. The number of alkyl halides is 1. The van der Waals surface area contributed by atoms with E-state index in [4.69, 9.17) is 9.05 Å².